The Morgan fingerprint density at radius 1 is 0.182 bits per heavy atom. The molecule has 0 atom stereocenters. The number of hydrogen-bond acceptors (Lipinski definition) is 5. The molecule has 0 radical (unpaired) electrons. The quantitative estimate of drug-likeness (QED) is 0.137. The van der Waals surface area contributed by atoms with Gasteiger partial charge in [-0.3, -0.25) is 0 Å². The number of rotatable bonds is 10. The monoisotopic (exact) mass is 981 g/mol. The van der Waals surface area contributed by atoms with Crippen molar-refractivity contribution in [2.24, 2.45) is 0 Å². The maximum atomic E-state index is 5.21. The summed E-state index contributed by atoms with van der Waals surface area (Å²) in [6, 6.07) is 101. The number of fused-ring (bicyclic) bond motifs is 4. The lowest BCUT2D eigenvalue weighted by Crippen LogP contribution is -2.09. The smallest absolute Gasteiger partial charge is 0.0973 e. The number of hydrogen-bond donors (Lipinski definition) is 0. The molecule has 360 valence electrons. The van der Waals surface area contributed by atoms with Crippen molar-refractivity contribution in [1.29, 1.82) is 0 Å². The molecule has 14 aromatic rings. The van der Waals surface area contributed by atoms with Crippen molar-refractivity contribution < 1.29 is 0 Å². The SMILES string of the molecule is c1ccc(-c2ccc(N(c3ccc(-c4ccc(-c5nc6ccccc6nc5-c5ccc6ccccc6c5)cc4)cc3)c3ccc(-c4ccc(-c5nc6ccccc6nc5-c5ccc6ccccc6c5)cc4)cc3)cc2)cc1. The van der Waals surface area contributed by atoms with Crippen molar-refractivity contribution in [1.82, 2.24) is 19.9 Å². The maximum Gasteiger partial charge on any atom is 0.0973 e. The van der Waals surface area contributed by atoms with Gasteiger partial charge >= 0.3 is 0 Å². The number of nitrogens with zero attached hydrogens (tertiary/aromatic N) is 5. The molecule has 14 rings (SSSR count). The van der Waals surface area contributed by atoms with Gasteiger partial charge in [0, 0.05) is 39.3 Å². The average molecular weight is 982 g/mol. The van der Waals surface area contributed by atoms with E-state index in [1.54, 1.807) is 0 Å². The molecule has 0 aliphatic carbocycles. The highest BCUT2D eigenvalue weighted by Crippen LogP contribution is 2.40. The minimum atomic E-state index is 0.861. The van der Waals surface area contributed by atoms with Gasteiger partial charge in [-0.05, 0) is 128 Å². The molecule has 0 spiro atoms. The van der Waals surface area contributed by atoms with Gasteiger partial charge in [0.15, 0.2) is 0 Å². The lowest BCUT2D eigenvalue weighted by atomic mass is 9.98. The zero-order valence-electron chi connectivity index (χ0n) is 41.9. The molecule has 0 aliphatic heterocycles. The van der Waals surface area contributed by atoms with Crippen LogP contribution in [0.1, 0.15) is 0 Å². The van der Waals surface area contributed by atoms with Crippen LogP contribution in [0.25, 0.3) is 122 Å². The molecule has 12 aromatic carbocycles. The maximum absolute atomic E-state index is 5.21. The molecule has 5 heteroatoms. The van der Waals surface area contributed by atoms with E-state index in [-0.39, 0.29) is 0 Å². The Balaban J connectivity index is 0.773. The molecule has 5 nitrogen and oxygen atoms in total. The van der Waals surface area contributed by atoms with Gasteiger partial charge in [-0.15, -0.1) is 0 Å². The number of para-hydroxylation sites is 4. The molecule has 0 N–H and O–H groups in total. The van der Waals surface area contributed by atoms with Crippen molar-refractivity contribution >= 4 is 60.7 Å². The number of anilines is 3. The molecule has 77 heavy (non-hydrogen) atoms. The summed E-state index contributed by atoms with van der Waals surface area (Å²) < 4.78 is 0. The van der Waals surface area contributed by atoms with Gasteiger partial charge in [0.1, 0.15) is 0 Å². The first kappa shape index (κ1) is 45.3. The number of benzene rings is 12. The fourth-order valence-electron chi connectivity index (χ4n) is 10.6. The summed E-state index contributed by atoms with van der Waals surface area (Å²) >= 11 is 0. The van der Waals surface area contributed by atoms with E-state index in [1.807, 2.05) is 48.5 Å². The summed E-state index contributed by atoms with van der Waals surface area (Å²) in [5.74, 6) is 0. The topological polar surface area (TPSA) is 54.8 Å². The van der Waals surface area contributed by atoms with Crippen molar-refractivity contribution in [2.75, 3.05) is 4.90 Å². The van der Waals surface area contributed by atoms with Gasteiger partial charge in [0.25, 0.3) is 0 Å². The minimum Gasteiger partial charge on any atom is -0.311 e. The van der Waals surface area contributed by atoms with Crippen molar-refractivity contribution in [3.05, 3.63) is 285 Å². The predicted molar refractivity (Wildman–Crippen MR) is 320 cm³/mol. The van der Waals surface area contributed by atoms with Crippen LogP contribution in [0.2, 0.25) is 0 Å². The lowest BCUT2D eigenvalue weighted by Gasteiger charge is -2.26. The molecule has 0 saturated heterocycles. The Bertz CT molecular complexity index is 4210. The molecule has 0 unspecified atom stereocenters. The zero-order valence-corrected chi connectivity index (χ0v) is 41.9. The summed E-state index contributed by atoms with van der Waals surface area (Å²) in [6.07, 6.45) is 0. The summed E-state index contributed by atoms with van der Waals surface area (Å²) in [5.41, 5.74) is 21.1. The molecule has 0 saturated carbocycles. The molecule has 0 amide bonds. The van der Waals surface area contributed by atoms with E-state index in [9.17, 15) is 0 Å². The Labute approximate surface area is 446 Å². The molecule has 0 bridgehead atoms. The van der Waals surface area contributed by atoms with E-state index in [2.05, 4.69) is 241 Å². The normalized spacial score (nSPS) is 11.4. The average Bonchev–Trinajstić information content (AvgIpc) is 3.53. The second-order valence-corrected chi connectivity index (χ2v) is 19.4. The number of aromatic nitrogens is 4. The van der Waals surface area contributed by atoms with Crippen LogP contribution in [0.4, 0.5) is 17.1 Å². The van der Waals surface area contributed by atoms with E-state index >= 15 is 0 Å². The Morgan fingerprint density at radius 3 is 0.779 bits per heavy atom. The van der Waals surface area contributed by atoms with Gasteiger partial charge in [0.2, 0.25) is 0 Å². The largest absolute Gasteiger partial charge is 0.311 e. The summed E-state index contributed by atoms with van der Waals surface area (Å²) in [5, 5.41) is 4.74. The van der Waals surface area contributed by atoms with Crippen LogP contribution in [-0.2, 0) is 0 Å². The summed E-state index contributed by atoms with van der Waals surface area (Å²) in [7, 11) is 0. The van der Waals surface area contributed by atoms with E-state index in [4.69, 9.17) is 19.9 Å². The Kier molecular flexibility index (Phi) is 11.5. The van der Waals surface area contributed by atoms with Gasteiger partial charge < -0.3 is 4.90 Å². The third-order valence-electron chi connectivity index (χ3n) is 14.7. The van der Waals surface area contributed by atoms with Crippen molar-refractivity contribution in [3.8, 4) is 78.4 Å². The van der Waals surface area contributed by atoms with Crippen LogP contribution in [0.15, 0.2) is 285 Å². The third kappa shape index (κ3) is 8.82. The molecular weight excluding hydrogens is 935 g/mol. The summed E-state index contributed by atoms with van der Waals surface area (Å²) in [4.78, 5) is 23.1. The highest BCUT2D eigenvalue weighted by molar-refractivity contribution is 5.94. The first-order valence-corrected chi connectivity index (χ1v) is 26.0. The van der Waals surface area contributed by atoms with Gasteiger partial charge in [-0.1, -0.05) is 212 Å². The van der Waals surface area contributed by atoms with Gasteiger partial charge in [-0.25, -0.2) is 19.9 Å². The lowest BCUT2D eigenvalue weighted by molar-refractivity contribution is 1.28. The molecule has 2 heterocycles. The molecule has 0 fully saturated rings. The second kappa shape index (κ2) is 19.5. The molecule has 0 aliphatic rings. The first-order valence-electron chi connectivity index (χ1n) is 26.0. The highest BCUT2D eigenvalue weighted by Gasteiger charge is 2.18. The second-order valence-electron chi connectivity index (χ2n) is 19.4. The molecule has 2 aromatic heterocycles. The predicted octanol–water partition coefficient (Wildman–Crippen LogP) is 19.0. The van der Waals surface area contributed by atoms with Crippen LogP contribution in [0.5, 0.6) is 0 Å². The van der Waals surface area contributed by atoms with E-state index < -0.39 is 0 Å². The van der Waals surface area contributed by atoms with Crippen LogP contribution in [0.3, 0.4) is 0 Å². The van der Waals surface area contributed by atoms with E-state index in [0.717, 1.165) is 106 Å². The van der Waals surface area contributed by atoms with Crippen LogP contribution in [-0.4, -0.2) is 19.9 Å². The van der Waals surface area contributed by atoms with Crippen LogP contribution >= 0.6 is 0 Å². The van der Waals surface area contributed by atoms with E-state index in [1.165, 1.54) is 32.7 Å². The van der Waals surface area contributed by atoms with E-state index in [0.29, 0.717) is 0 Å². The van der Waals surface area contributed by atoms with Gasteiger partial charge in [-0.2, -0.15) is 0 Å². The highest BCUT2D eigenvalue weighted by atomic mass is 15.1. The Hall–Kier alpha value is -10.4. The first-order chi connectivity index (χ1) is 38.1. The van der Waals surface area contributed by atoms with Gasteiger partial charge in [0.05, 0.1) is 44.8 Å². The van der Waals surface area contributed by atoms with Crippen LogP contribution < -0.4 is 4.90 Å². The third-order valence-corrected chi connectivity index (χ3v) is 14.7. The standard InChI is InChI=1S/C72H47N5/c1-2-12-48(13-3-1)53-34-40-62(41-35-53)77(63-42-36-54(37-43-63)51-22-28-56(29-23-51)69-71(75-67-20-10-8-18-65(67)73-69)60-32-26-49-14-4-6-16-58(49)46-60)64-44-38-55(39-45-64)52-24-30-57(31-25-52)70-72(76-68-21-11-9-19-66(68)74-70)61-33-27-50-15-5-7-17-59(50)47-61/h1-47H. The fraction of sp³-hybridized carbons (Fsp3) is 0. The molecular formula is C72H47N5. The fourth-order valence-corrected chi connectivity index (χ4v) is 10.6. The van der Waals surface area contributed by atoms with Crippen LogP contribution in [0, 0.1) is 0 Å². The Morgan fingerprint density at radius 2 is 0.429 bits per heavy atom. The van der Waals surface area contributed by atoms with Crippen molar-refractivity contribution in [3.63, 3.8) is 0 Å². The zero-order chi connectivity index (χ0) is 51.1. The summed E-state index contributed by atoms with van der Waals surface area (Å²) in [6.45, 7) is 0. The minimum absolute atomic E-state index is 0.861. The van der Waals surface area contributed by atoms with Crippen molar-refractivity contribution in [2.45, 2.75) is 0 Å².